The molecule has 0 amide bonds. The number of carbonyl (C=O) groups is 1. The molecule has 4 heteroatoms. The van der Waals surface area contributed by atoms with Crippen molar-refractivity contribution in [3.63, 3.8) is 0 Å². The maximum Gasteiger partial charge on any atom is 0.203 e. The highest BCUT2D eigenvalue weighted by molar-refractivity contribution is 5.95. The van der Waals surface area contributed by atoms with Gasteiger partial charge in [0.15, 0.2) is 0 Å². The van der Waals surface area contributed by atoms with Gasteiger partial charge in [0.2, 0.25) is 11.5 Å². The Morgan fingerprint density at radius 2 is 1.82 bits per heavy atom. The van der Waals surface area contributed by atoms with Gasteiger partial charge in [-0.3, -0.25) is 4.79 Å². The zero-order chi connectivity index (χ0) is 15.8. The van der Waals surface area contributed by atoms with Crippen LogP contribution >= 0.6 is 0 Å². The van der Waals surface area contributed by atoms with Gasteiger partial charge in [-0.25, -0.2) is 0 Å². The predicted octanol–water partition coefficient (Wildman–Crippen LogP) is 3.94. The van der Waals surface area contributed by atoms with Crippen LogP contribution in [0.5, 0.6) is 0 Å². The standard InChI is InChI=1S/C13H13NO2.C5H11N/c1-9(2)13(15)12-8-11(14-16-12)10-6-4-3-5-7-10;1-2-4-6-5-3-1/h3-9H,1-2H3;6H,1-5H2. The van der Waals surface area contributed by atoms with Crippen LogP contribution in [0.1, 0.15) is 43.7 Å². The average Bonchev–Trinajstić information content (AvgIpc) is 3.07. The second kappa shape index (κ2) is 8.49. The van der Waals surface area contributed by atoms with Crippen LogP contribution in [0.4, 0.5) is 0 Å². The number of hydrogen-bond acceptors (Lipinski definition) is 4. The maximum absolute atomic E-state index is 11.7. The van der Waals surface area contributed by atoms with Crippen molar-refractivity contribution in [1.29, 1.82) is 0 Å². The molecule has 1 N–H and O–H groups in total. The van der Waals surface area contributed by atoms with Gasteiger partial charge in [-0.2, -0.15) is 0 Å². The number of ketones is 1. The quantitative estimate of drug-likeness (QED) is 0.872. The molecule has 1 aliphatic heterocycles. The third kappa shape index (κ3) is 4.81. The number of Topliss-reactive ketones (excluding diaryl/α,β-unsaturated/α-hetero) is 1. The third-order valence-corrected chi connectivity index (χ3v) is 3.55. The number of hydrogen-bond donors (Lipinski definition) is 1. The summed E-state index contributed by atoms with van der Waals surface area (Å²) in [5, 5.41) is 7.18. The summed E-state index contributed by atoms with van der Waals surface area (Å²) in [5.41, 5.74) is 1.65. The molecule has 0 bridgehead atoms. The van der Waals surface area contributed by atoms with Gasteiger partial charge in [0, 0.05) is 17.5 Å². The lowest BCUT2D eigenvalue weighted by Gasteiger charge is -2.08. The smallest absolute Gasteiger partial charge is 0.203 e. The Labute approximate surface area is 131 Å². The number of nitrogens with zero attached hydrogens (tertiary/aromatic N) is 1. The molecule has 0 aliphatic carbocycles. The molecule has 0 spiro atoms. The average molecular weight is 300 g/mol. The highest BCUT2D eigenvalue weighted by Crippen LogP contribution is 2.20. The minimum absolute atomic E-state index is 0.0188. The second-order valence-corrected chi connectivity index (χ2v) is 5.77. The van der Waals surface area contributed by atoms with E-state index in [4.69, 9.17) is 4.52 Å². The molecular formula is C18H24N2O2. The number of nitrogens with one attached hydrogen (secondary N) is 1. The Hall–Kier alpha value is -1.94. The number of piperidine rings is 1. The lowest BCUT2D eigenvalue weighted by atomic mass is 10.1. The first kappa shape index (κ1) is 16.4. The summed E-state index contributed by atoms with van der Waals surface area (Å²) < 4.78 is 5.04. The molecule has 4 nitrogen and oxygen atoms in total. The second-order valence-electron chi connectivity index (χ2n) is 5.77. The van der Waals surface area contributed by atoms with Crippen LogP contribution in [0.2, 0.25) is 0 Å². The van der Waals surface area contributed by atoms with Gasteiger partial charge in [0.05, 0.1) is 0 Å². The Bertz CT molecular complexity index is 560. The SMILES string of the molecule is C1CCNCC1.CC(C)C(=O)c1cc(-c2ccccc2)no1. The van der Waals surface area contributed by atoms with Crippen molar-refractivity contribution in [2.45, 2.75) is 33.1 Å². The van der Waals surface area contributed by atoms with E-state index in [1.54, 1.807) is 6.07 Å². The molecule has 0 saturated carbocycles. The first-order chi connectivity index (χ1) is 10.7. The topological polar surface area (TPSA) is 55.1 Å². The van der Waals surface area contributed by atoms with Gasteiger partial charge in [-0.1, -0.05) is 55.8 Å². The third-order valence-electron chi connectivity index (χ3n) is 3.55. The summed E-state index contributed by atoms with van der Waals surface area (Å²) in [4.78, 5) is 11.7. The summed E-state index contributed by atoms with van der Waals surface area (Å²) in [6.45, 7) is 6.18. The van der Waals surface area contributed by atoms with Gasteiger partial charge in [-0.15, -0.1) is 0 Å². The zero-order valence-corrected chi connectivity index (χ0v) is 13.3. The van der Waals surface area contributed by atoms with Crippen LogP contribution in [-0.4, -0.2) is 24.0 Å². The van der Waals surface area contributed by atoms with E-state index in [2.05, 4.69) is 10.5 Å². The maximum atomic E-state index is 11.7. The van der Waals surface area contributed by atoms with Crippen molar-refractivity contribution < 1.29 is 9.32 Å². The Kier molecular flexibility index (Phi) is 6.34. The molecule has 1 aliphatic rings. The lowest BCUT2D eigenvalue weighted by Crippen LogP contribution is -2.21. The van der Waals surface area contributed by atoms with E-state index in [1.807, 2.05) is 44.2 Å². The van der Waals surface area contributed by atoms with Gasteiger partial charge < -0.3 is 9.84 Å². The van der Waals surface area contributed by atoms with Crippen LogP contribution in [0.25, 0.3) is 11.3 Å². The monoisotopic (exact) mass is 300 g/mol. The lowest BCUT2D eigenvalue weighted by molar-refractivity contribution is 0.0902. The summed E-state index contributed by atoms with van der Waals surface area (Å²) in [6, 6.07) is 11.3. The van der Waals surface area contributed by atoms with Crippen molar-refractivity contribution in [2.24, 2.45) is 5.92 Å². The van der Waals surface area contributed by atoms with Gasteiger partial charge in [0.1, 0.15) is 5.69 Å². The van der Waals surface area contributed by atoms with E-state index in [-0.39, 0.29) is 11.7 Å². The molecule has 0 radical (unpaired) electrons. The van der Waals surface area contributed by atoms with Crippen LogP contribution in [0.3, 0.4) is 0 Å². The van der Waals surface area contributed by atoms with Gasteiger partial charge in [-0.05, 0) is 25.9 Å². The summed E-state index contributed by atoms with van der Waals surface area (Å²) in [5.74, 6) is 0.236. The van der Waals surface area contributed by atoms with E-state index < -0.39 is 0 Å². The van der Waals surface area contributed by atoms with E-state index in [0.29, 0.717) is 11.5 Å². The molecule has 2 heterocycles. The number of carbonyl (C=O) groups excluding carboxylic acids is 1. The van der Waals surface area contributed by atoms with Crippen LogP contribution in [-0.2, 0) is 0 Å². The molecule has 2 aromatic rings. The summed E-state index contributed by atoms with van der Waals surface area (Å²) >= 11 is 0. The molecular weight excluding hydrogens is 276 g/mol. The molecule has 1 fully saturated rings. The van der Waals surface area contributed by atoms with Crippen molar-refractivity contribution in [1.82, 2.24) is 10.5 Å². The van der Waals surface area contributed by atoms with Crippen molar-refractivity contribution in [3.8, 4) is 11.3 Å². The molecule has 118 valence electrons. The number of rotatable bonds is 3. The van der Waals surface area contributed by atoms with Gasteiger partial charge in [0.25, 0.3) is 0 Å². The largest absolute Gasteiger partial charge is 0.352 e. The van der Waals surface area contributed by atoms with E-state index in [9.17, 15) is 4.79 Å². The van der Waals surface area contributed by atoms with Crippen molar-refractivity contribution in [2.75, 3.05) is 13.1 Å². The fourth-order valence-corrected chi connectivity index (χ4v) is 2.22. The van der Waals surface area contributed by atoms with E-state index in [1.165, 1.54) is 32.4 Å². The molecule has 3 rings (SSSR count). The fraction of sp³-hybridized carbons (Fsp3) is 0.444. The van der Waals surface area contributed by atoms with Crippen LogP contribution < -0.4 is 5.32 Å². The first-order valence-electron chi connectivity index (χ1n) is 7.95. The summed E-state index contributed by atoms with van der Waals surface area (Å²) in [6.07, 6.45) is 4.22. The Morgan fingerprint density at radius 1 is 1.14 bits per heavy atom. The molecule has 0 unspecified atom stereocenters. The Morgan fingerprint density at radius 3 is 2.32 bits per heavy atom. The fourth-order valence-electron chi connectivity index (χ4n) is 2.22. The van der Waals surface area contributed by atoms with E-state index >= 15 is 0 Å². The van der Waals surface area contributed by atoms with E-state index in [0.717, 1.165) is 5.56 Å². The molecule has 1 aromatic heterocycles. The molecule has 22 heavy (non-hydrogen) atoms. The Balaban J connectivity index is 0.000000246. The molecule has 1 saturated heterocycles. The predicted molar refractivity (Wildman–Crippen MR) is 87.8 cm³/mol. The van der Waals surface area contributed by atoms with Crippen LogP contribution in [0.15, 0.2) is 40.9 Å². The first-order valence-corrected chi connectivity index (χ1v) is 7.95. The number of aromatic nitrogens is 1. The molecule has 1 aromatic carbocycles. The minimum Gasteiger partial charge on any atom is -0.352 e. The van der Waals surface area contributed by atoms with Gasteiger partial charge >= 0.3 is 0 Å². The minimum atomic E-state index is -0.0726. The highest BCUT2D eigenvalue weighted by Gasteiger charge is 2.16. The normalized spacial score (nSPS) is 14.3. The zero-order valence-electron chi connectivity index (χ0n) is 13.3. The van der Waals surface area contributed by atoms with Crippen molar-refractivity contribution >= 4 is 5.78 Å². The molecule has 0 atom stereocenters. The number of benzene rings is 1. The van der Waals surface area contributed by atoms with Crippen LogP contribution in [0, 0.1) is 5.92 Å². The summed E-state index contributed by atoms with van der Waals surface area (Å²) in [7, 11) is 0. The van der Waals surface area contributed by atoms with Crippen molar-refractivity contribution in [3.05, 3.63) is 42.2 Å². The highest BCUT2D eigenvalue weighted by atomic mass is 16.5.